The van der Waals surface area contributed by atoms with E-state index in [1.165, 1.54) is 18.4 Å². The highest BCUT2D eigenvalue weighted by molar-refractivity contribution is 6.36. The second kappa shape index (κ2) is 7.54. The first kappa shape index (κ1) is 14.3. The van der Waals surface area contributed by atoms with Gasteiger partial charge in [0, 0.05) is 29.7 Å². The molecule has 4 heteroatoms. The van der Waals surface area contributed by atoms with Crippen molar-refractivity contribution >= 4 is 23.2 Å². The SMILES string of the molecule is CC(C)N(CC(Cl)=CCl)CC1CCNCC1. The Morgan fingerprint density at radius 2 is 2.06 bits per heavy atom. The molecule has 94 valence electrons. The van der Waals surface area contributed by atoms with Crippen LogP contribution in [0.2, 0.25) is 0 Å². The number of hydrogen-bond acceptors (Lipinski definition) is 2. The van der Waals surface area contributed by atoms with Crippen molar-refractivity contribution in [2.45, 2.75) is 32.7 Å². The van der Waals surface area contributed by atoms with E-state index in [9.17, 15) is 0 Å². The van der Waals surface area contributed by atoms with E-state index >= 15 is 0 Å². The lowest BCUT2D eigenvalue weighted by molar-refractivity contribution is 0.185. The molecule has 0 unspecified atom stereocenters. The smallest absolute Gasteiger partial charge is 0.0434 e. The summed E-state index contributed by atoms with van der Waals surface area (Å²) in [4.78, 5) is 2.40. The van der Waals surface area contributed by atoms with Crippen molar-refractivity contribution in [3.63, 3.8) is 0 Å². The van der Waals surface area contributed by atoms with Crippen LogP contribution in [0.15, 0.2) is 10.6 Å². The summed E-state index contributed by atoms with van der Waals surface area (Å²) in [6.07, 6.45) is 2.54. The average molecular weight is 265 g/mol. The van der Waals surface area contributed by atoms with Gasteiger partial charge in [0.2, 0.25) is 0 Å². The predicted octanol–water partition coefficient (Wildman–Crippen LogP) is 3.02. The topological polar surface area (TPSA) is 15.3 Å². The van der Waals surface area contributed by atoms with Gasteiger partial charge in [0.1, 0.15) is 0 Å². The Labute approximate surface area is 109 Å². The number of nitrogens with one attached hydrogen (secondary N) is 1. The van der Waals surface area contributed by atoms with Crippen molar-refractivity contribution in [1.29, 1.82) is 0 Å². The van der Waals surface area contributed by atoms with Crippen LogP contribution in [0, 0.1) is 5.92 Å². The number of piperidine rings is 1. The summed E-state index contributed by atoms with van der Waals surface area (Å²) in [6, 6.07) is 0.514. The summed E-state index contributed by atoms with van der Waals surface area (Å²) >= 11 is 11.6. The van der Waals surface area contributed by atoms with Gasteiger partial charge >= 0.3 is 0 Å². The Morgan fingerprint density at radius 3 is 2.56 bits per heavy atom. The lowest BCUT2D eigenvalue weighted by Crippen LogP contribution is -2.40. The van der Waals surface area contributed by atoms with Crippen LogP contribution in [-0.2, 0) is 0 Å². The van der Waals surface area contributed by atoms with Gasteiger partial charge < -0.3 is 5.32 Å². The van der Waals surface area contributed by atoms with Crippen LogP contribution < -0.4 is 5.32 Å². The lowest BCUT2D eigenvalue weighted by atomic mass is 9.97. The minimum Gasteiger partial charge on any atom is -0.317 e. The summed E-state index contributed by atoms with van der Waals surface area (Å²) in [7, 11) is 0. The number of rotatable bonds is 5. The lowest BCUT2D eigenvalue weighted by Gasteiger charge is -2.32. The van der Waals surface area contributed by atoms with Gasteiger partial charge in [-0.1, -0.05) is 23.2 Å². The van der Waals surface area contributed by atoms with Gasteiger partial charge in [0.25, 0.3) is 0 Å². The number of hydrogen-bond donors (Lipinski definition) is 1. The molecule has 0 spiro atoms. The van der Waals surface area contributed by atoms with Crippen LogP contribution in [0.5, 0.6) is 0 Å². The van der Waals surface area contributed by atoms with Crippen LogP contribution in [0.4, 0.5) is 0 Å². The van der Waals surface area contributed by atoms with Crippen molar-refractivity contribution in [3.05, 3.63) is 10.6 Å². The Hall–Kier alpha value is 0.240. The molecule has 16 heavy (non-hydrogen) atoms. The molecule has 1 rings (SSSR count). The van der Waals surface area contributed by atoms with E-state index in [2.05, 4.69) is 24.1 Å². The summed E-state index contributed by atoms with van der Waals surface area (Å²) in [5.74, 6) is 0.795. The maximum atomic E-state index is 6.00. The molecule has 2 nitrogen and oxygen atoms in total. The first-order chi connectivity index (χ1) is 7.63. The average Bonchev–Trinajstić information content (AvgIpc) is 2.29. The van der Waals surface area contributed by atoms with Crippen molar-refractivity contribution in [1.82, 2.24) is 10.2 Å². The summed E-state index contributed by atoms with van der Waals surface area (Å²) < 4.78 is 0. The van der Waals surface area contributed by atoms with E-state index < -0.39 is 0 Å². The van der Waals surface area contributed by atoms with E-state index in [4.69, 9.17) is 23.2 Å². The van der Waals surface area contributed by atoms with Crippen LogP contribution in [0.1, 0.15) is 26.7 Å². The molecule has 1 N–H and O–H groups in total. The third-order valence-corrected chi connectivity index (χ3v) is 3.76. The molecule has 1 heterocycles. The first-order valence-corrected chi connectivity index (χ1v) is 6.84. The minimum atomic E-state index is 0.514. The zero-order chi connectivity index (χ0) is 12.0. The van der Waals surface area contributed by atoms with Crippen molar-refractivity contribution < 1.29 is 0 Å². The third kappa shape index (κ3) is 5.05. The molecule has 0 bridgehead atoms. The molecule has 1 fully saturated rings. The molecule has 0 aromatic rings. The van der Waals surface area contributed by atoms with Gasteiger partial charge in [-0.05, 0) is 45.7 Å². The highest BCUT2D eigenvalue weighted by atomic mass is 35.5. The third-order valence-electron chi connectivity index (χ3n) is 3.15. The van der Waals surface area contributed by atoms with Gasteiger partial charge in [-0.3, -0.25) is 4.90 Å². The molecular weight excluding hydrogens is 243 g/mol. The fourth-order valence-electron chi connectivity index (χ4n) is 2.08. The van der Waals surface area contributed by atoms with Crippen molar-refractivity contribution in [3.8, 4) is 0 Å². The van der Waals surface area contributed by atoms with Gasteiger partial charge in [0.05, 0.1) is 0 Å². The minimum absolute atomic E-state index is 0.514. The fraction of sp³-hybridized carbons (Fsp3) is 0.833. The number of nitrogens with zero attached hydrogens (tertiary/aromatic N) is 1. The normalized spacial score (nSPS) is 19.8. The van der Waals surface area contributed by atoms with Crippen LogP contribution in [0.25, 0.3) is 0 Å². The van der Waals surface area contributed by atoms with E-state index in [0.717, 1.165) is 37.1 Å². The molecule has 0 amide bonds. The zero-order valence-corrected chi connectivity index (χ0v) is 11.7. The van der Waals surface area contributed by atoms with E-state index in [-0.39, 0.29) is 0 Å². The number of halogens is 2. The maximum Gasteiger partial charge on any atom is 0.0434 e. The van der Waals surface area contributed by atoms with E-state index in [0.29, 0.717) is 6.04 Å². The van der Waals surface area contributed by atoms with Crippen LogP contribution in [0.3, 0.4) is 0 Å². The molecule has 0 aromatic heterocycles. The molecule has 1 aliphatic heterocycles. The van der Waals surface area contributed by atoms with E-state index in [1.54, 1.807) is 0 Å². The predicted molar refractivity (Wildman–Crippen MR) is 72.1 cm³/mol. The second-order valence-electron chi connectivity index (χ2n) is 4.77. The second-order valence-corrected chi connectivity index (χ2v) is 5.48. The van der Waals surface area contributed by atoms with Crippen molar-refractivity contribution in [2.24, 2.45) is 5.92 Å². The molecular formula is C12H22Cl2N2. The molecule has 0 saturated carbocycles. The van der Waals surface area contributed by atoms with Crippen molar-refractivity contribution in [2.75, 3.05) is 26.2 Å². The maximum absolute atomic E-state index is 6.00. The molecule has 1 saturated heterocycles. The molecule has 0 atom stereocenters. The highest BCUT2D eigenvalue weighted by Gasteiger charge is 2.19. The van der Waals surface area contributed by atoms with Gasteiger partial charge in [-0.2, -0.15) is 0 Å². The van der Waals surface area contributed by atoms with E-state index in [1.807, 2.05) is 0 Å². The summed E-state index contributed by atoms with van der Waals surface area (Å²) in [5.41, 5.74) is 1.47. The van der Waals surface area contributed by atoms with Crippen LogP contribution in [-0.4, -0.2) is 37.1 Å². The molecule has 0 aromatic carbocycles. The largest absolute Gasteiger partial charge is 0.317 e. The van der Waals surface area contributed by atoms with Crippen LogP contribution >= 0.6 is 23.2 Å². The fourth-order valence-corrected chi connectivity index (χ4v) is 2.30. The first-order valence-electron chi connectivity index (χ1n) is 6.03. The standard InChI is InChI=1S/C12H22Cl2N2/c1-10(2)16(9-12(14)7-13)8-11-3-5-15-6-4-11/h7,10-11,15H,3-6,8-9H2,1-2H3. The Balaban J connectivity index is 2.43. The Bertz CT molecular complexity index is 223. The monoisotopic (exact) mass is 264 g/mol. The molecule has 1 aliphatic rings. The Morgan fingerprint density at radius 1 is 1.44 bits per heavy atom. The van der Waals surface area contributed by atoms with Gasteiger partial charge in [0.15, 0.2) is 0 Å². The van der Waals surface area contributed by atoms with Gasteiger partial charge in [-0.25, -0.2) is 0 Å². The summed E-state index contributed by atoms with van der Waals surface area (Å²) in [6.45, 7) is 8.61. The quantitative estimate of drug-likeness (QED) is 0.822. The summed E-state index contributed by atoms with van der Waals surface area (Å²) in [5, 5.41) is 4.12. The zero-order valence-electron chi connectivity index (χ0n) is 10.2. The van der Waals surface area contributed by atoms with Gasteiger partial charge in [-0.15, -0.1) is 0 Å². The highest BCUT2D eigenvalue weighted by Crippen LogP contribution is 2.17. The Kier molecular flexibility index (Phi) is 6.74. The molecule has 0 radical (unpaired) electrons. The molecule has 0 aliphatic carbocycles.